The summed E-state index contributed by atoms with van der Waals surface area (Å²) in [6.07, 6.45) is 0. The topological polar surface area (TPSA) is 122 Å². The molecule has 0 aliphatic carbocycles. The van der Waals surface area contributed by atoms with E-state index in [9.17, 15) is 24.3 Å². The Labute approximate surface area is 194 Å². The van der Waals surface area contributed by atoms with Crippen molar-refractivity contribution in [3.63, 3.8) is 0 Å². The standard InChI is InChI=1S/C25H20N2O7/c1-33-17-7-3-14(4-8-17)13-27-23(30)18-9-5-15(11-19(18)24(27)31)22(29)26-20-10-6-16(12-21(20)28)25(32)34-2/h3-12,28H,13H2,1-2H3,(H,26,29). The monoisotopic (exact) mass is 460 g/mol. The molecule has 1 aliphatic rings. The molecule has 0 bridgehead atoms. The van der Waals surface area contributed by atoms with Crippen LogP contribution in [0.25, 0.3) is 0 Å². The number of ether oxygens (including phenoxy) is 2. The molecule has 0 saturated heterocycles. The van der Waals surface area contributed by atoms with Gasteiger partial charge in [0.2, 0.25) is 0 Å². The van der Waals surface area contributed by atoms with E-state index in [-0.39, 0.29) is 40.2 Å². The highest BCUT2D eigenvalue weighted by molar-refractivity contribution is 6.22. The van der Waals surface area contributed by atoms with Crippen LogP contribution in [-0.4, -0.2) is 47.9 Å². The number of amides is 3. The van der Waals surface area contributed by atoms with Gasteiger partial charge in [0.1, 0.15) is 11.5 Å². The molecule has 0 spiro atoms. The van der Waals surface area contributed by atoms with E-state index >= 15 is 0 Å². The molecule has 1 heterocycles. The van der Waals surface area contributed by atoms with E-state index in [2.05, 4.69) is 10.1 Å². The number of methoxy groups -OCH3 is 2. The van der Waals surface area contributed by atoms with Gasteiger partial charge in [-0.3, -0.25) is 19.3 Å². The van der Waals surface area contributed by atoms with Crippen molar-refractivity contribution in [3.8, 4) is 11.5 Å². The van der Waals surface area contributed by atoms with Gasteiger partial charge in [0, 0.05) is 5.56 Å². The number of imide groups is 1. The zero-order chi connectivity index (χ0) is 24.4. The summed E-state index contributed by atoms with van der Waals surface area (Å²) in [4.78, 5) is 51.1. The van der Waals surface area contributed by atoms with Crippen molar-refractivity contribution in [2.45, 2.75) is 6.54 Å². The number of rotatable bonds is 6. The first kappa shape index (κ1) is 22.5. The molecule has 0 saturated carbocycles. The van der Waals surface area contributed by atoms with E-state index in [1.54, 1.807) is 31.4 Å². The number of hydrogen-bond acceptors (Lipinski definition) is 7. The fraction of sp³-hybridized carbons (Fsp3) is 0.120. The second-order valence-electron chi connectivity index (χ2n) is 7.48. The third kappa shape index (κ3) is 4.18. The Balaban J connectivity index is 1.52. The van der Waals surface area contributed by atoms with Gasteiger partial charge < -0.3 is 19.9 Å². The Morgan fingerprint density at radius 1 is 0.882 bits per heavy atom. The highest BCUT2D eigenvalue weighted by atomic mass is 16.5. The summed E-state index contributed by atoms with van der Waals surface area (Å²) in [6.45, 7) is 0.0816. The second kappa shape index (κ2) is 9.07. The van der Waals surface area contributed by atoms with Crippen LogP contribution < -0.4 is 10.1 Å². The number of carbonyl (C=O) groups excluding carboxylic acids is 4. The summed E-state index contributed by atoms with van der Waals surface area (Å²) < 4.78 is 9.71. The number of nitrogens with one attached hydrogen (secondary N) is 1. The molecule has 3 aromatic carbocycles. The van der Waals surface area contributed by atoms with Crippen molar-refractivity contribution in [1.82, 2.24) is 4.90 Å². The number of aromatic hydroxyl groups is 1. The SMILES string of the molecule is COC(=O)c1ccc(NC(=O)c2ccc3c(c2)C(=O)N(Cc2ccc(OC)cc2)C3=O)c(O)c1. The van der Waals surface area contributed by atoms with Crippen LogP contribution in [0.15, 0.2) is 60.7 Å². The minimum atomic E-state index is -0.630. The third-order valence-electron chi connectivity index (χ3n) is 5.40. The maximum Gasteiger partial charge on any atom is 0.337 e. The van der Waals surface area contributed by atoms with E-state index in [4.69, 9.17) is 4.74 Å². The van der Waals surface area contributed by atoms with E-state index in [0.717, 1.165) is 10.5 Å². The molecule has 172 valence electrons. The summed E-state index contributed by atoms with van der Waals surface area (Å²) >= 11 is 0. The number of esters is 1. The van der Waals surface area contributed by atoms with Crippen molar-refractivity contribution in [3.05, 3.63) is 88.5 Å². The molecular weight excluding hydrogens is 440 g/mol. The van der Waals surface area contributed by atoms with Gasteiger partial charge in [0.15, 0.2) is 0 Å². The normalized spacial score (nSPS) is 12.4. The van der Waals surface area contributed by atoms with Gasteiger partial charge in [0.05, 0.1) is 43.1 Å². The molecule has 2 N–H and O–H groups in total. The van der Waals surface area contributed by atoms with Crippen LogP contribution in [0.3, 0.4) is 0 Å². The number of hydrogen-bond donors (Lipinski definition) is 2. The first-order chi connectivity index (χ1) is 16.3. The number of carbonyl (C=O) groups is 4. The lowest BCUT2D eigenvalue weighted by atomic mass is 10.1. The van der Waals surface area contributed by atoms with Crippen LogP contribution in [0.5, 0.6) is 11.5 Å². The summed E-state index contributed by atoms with van der Waals surface area (Å²) in [5, 5.41) is 12.7. The van der Waals surface area contributed by atoms with Crippen LogP contribution in [0.1, 0.15) is 47.0 Å². The maximum absolute atomic E-state index is 12.9. The van der Waals surface area contributed by atoms with Crippen molar-refractivity contribution in [2.75, 3.05) is 19.5 Å². The van der Waals surface area contributed by atoms with Crippen LogP contribution in [0.4, 0.5) is 5.69 Å². The van der Waals surface area contributed by atoms with E-state index in [1.165, 1.54) is 43.5 Å². The van der Waals surface area contributed by atoms with Gasteiger partial charge in [-0.1, -0.05) is 12.1 Å². The molecule has 0 fully saturated rings. The molecule has 0 unspecified atom stereocenters. The van der Waals surface area contributed by atoms with Crippen LogP contribution in [0.2, 0.25) is 0 Å². The van der Waals surface area contributed by atoms with Crippen LogP contribution in [0, 0.1) is 0 Å². The molecule has 3 aromatic rings. The summed E-state index contributed by atoms with van der Waals surface area (Å²) in [6, 6.07) is 15.1. The smallest absolute Gasteiger partial charge is 0.337 e. The average Bonchev–Trinajstić information content (AvgIpc) is 3.09. The Morgan fingerprint density at radius 2 is 1.56 bits per heavy atom. The highest BCUT2D eigenvalue weighted by Gasteiger charge is 2.36. The molecular formula is C25H20N2O7. The zero-order valence-corrected chi connectivity index (χ0v) is 18.3. The number of nitrogens with zero attached hydrogens (tertiary/aromatic N) is 1. The van der Waals surface area contributed by atoms with Gasteiger partial charge in [-0.25, -0.2) is 4.79 Å². The van der Waals surface area contributed by atoms with Gasteiger partial charge in [-0.05, 0) is 54.1 Å². The first-order valence-electron chi connectivity index (χ1n) is 10.2. The predicted octanol–water partition coefficient (Wildman–Crippen LogP) is 3.24. The Hall–Kier alpha value is -4.66. The maximum atomic E-state index is 12.9. The van der Waals surface area contributed by atoms with Crippen LogP contribution >= 0.6 is 0 Å². The summed E-state index contributed by atoms with van der Waals surface area (Å²) in [5.41, 5.74) is 1.40. The lowest BCUT2D eigenvalue weighted by molar-refractivity contribution is 0.0597. The third-order valence-corrected chi connectivity index (χ3v) is 5.40. The van der Waals surface area contributed by atoms with Gasteiger partial charge in [0.25, 0.3) is 17.7 Å². The Morgan fingerprint density at radius 3 is 2.21 bits per heavy atom. The minimum Gasteiger partial charge on any atom is -0.506 e. The lowest BCUT2D eigenvalue weighted by Gasteiger charge is -2.14. The Bertz CT molecular complexity index is 1320. The average molecular weight is 460 g/mol. The predicted molar refractivity (Wildman–Crippen MR) is 121 cm³/mol. The van der Waals surface area contributed by atoms with Crippen molar-refractivity contribution in [1.29, 1.82) is 0 Å². The quantitative estimate of drug-likeness (QED) is 0.329. The number of phenols is 1. The van der Waals surface area contributed by atoms with Gasteiger partial charge in [-0.15, -0.1) is 0 Å². The van der Waals surface area contributed by atoms with E-state index in [1.807, 2.05) is 0 Å². The first-order valence-corrected chi connectivity index (χ1v) is 10.2. The van der Waals surface area contributed by atoms with Crippen molar-refractivity contribution in [2.24, 2.45) is 0 Å². The van der Waals surface area contributed by atoms with E-state index in [0.29, 0.717) is 5.75 Å². The fourth-order valence-corrected chi connectivity index (χ4v) is 3.57. The summed E-state index contributed by atoms with van der Waals surface area (Å²) in [7, 11) is 2.76. The molecule has 4 rings (SSSR count). The molecule has 0 atom stereocenters. The summed E-state index contributed by atoms with van der Waals surface area (Å²) in [5.74, 6) is -1.84. The number of benzene rings is 3. The number of fused-ring (bicyclic) bond motifs is 1. The number of anilines is 1. The highest BCUT2D eigenvalue weighted by Crippen LogP contribution is 2.28. The van der Waals surface area contributed by atoms with Crippen molar-refractivity contribution >= 4 is 29.4 Å². The zero-order valence-electron chi connectivity index (χ0n) is 18.3. The minimum absolute atomic E-state index is 0.0710. The Kier molecular flexibility index (Phi) is 6.01. The molecule has 1 aliphatic heterocycles. The molecule has 34 heavy (non-hydrogen) atoms. The lowest BCUT2D eigenvalue weighted by Crippen LogP contribution is -2.29. The molecule has 9 heteroatoms. The number of phenolic OH excluding ortho intramolecular Hbond substituents is 1. The van der Waals surface area contributed by atoms with Gasteiger partial charge in [-0.2, -0.15) is 0 Å². The molecule has 3 amide bonds. The molecule has 9 nitrogen and oxygen atoms in total. The molecule has 0 aromatic heterocycles. The van der Waals surface area contributed by atoms with Gasteiger partial charge >= 0.3 is 5.97 Å². The molecule has 0 radical (unpaired) electrons. The fourth-order valence-electron chi connectivity index (χ4n) is 3.57. The van der Waals surface area contributed by atoms with Crippen LogP contribution in [-0.2, 0) is 11.3 Å². The largest absolute Gasteiger partial charge is 0.506 e. The second-order valence-corrected chi connectivity index (χ2v) is 7.48. The van der Waals surface area contributed by atoms with E-state index < -0.39 is 23.7 Å². The van der Waals surface area contributed by atoms with Crippen molar-refractivity contribution < 1.29 is 33.8 Å².